The van der Waals surface area contributed by atoms with Crippen molar-refractivity contribution in [3.05, 3.63) is 77.5 Å². The first kappa shape index (κ1) is 16.6. The molecule has 0 atom stereocenters. The largest absolute Gasteiger partial charge is 0.306 e. The van der Waals surface area contributed by atoms with E-state index in [2.05, 4.69) is 15.3 Å². The number of hydrogen-bond acceptors (Lipinski definition) is 3. The molecule has 0 aliphatic heterocycles. The molecule has 0 aliphatic carbocycles. The molecule has 1 amide bonds. The summed E-state index contributed by atoms with van der Waals surface area (Å²) in [6, 6.07) is 6.28. The molecule has 0 fully saturated rings. The highest BCUT2D eigenvalue weighted by Gasteiger charge is 2.19. The molecule has 0 aliphatic rings. The summed E-state index contributed by atoms with van der Waals surface area (Å²) in [6.07, 6.45) is 3.99. The maximum atomic E-state index is 14.1. The number of nitrogens with one attached hydrogen (secondary N) is 1. The van der Waals surface area contributed by atoms with Crippen LogP contribution in [0.5, 0.6) is 0 Å². The quantitative estimate of drug-likeness (QED) is 0.778. The van der Waals surface area contributed by atoms with Gasteiger partial charge in [0, 0.05) is 18.0 Å². The van der Waals surface area contributed by atoms with E-state index in [9.17, 15) is 18.0 Å². The van der Waals surface area contributed by atoms with Crippen LogP contribution >= 0.6 is 0 Å². The number of pyridine rings is 2. The number of benzene rings is 1. The number of nitrogens with zero attached hydrogens (tertiary/aromatic N) is 2. The van der Waals surface area contributed by atoms with Crippen molar-refractivity contribution in [2.24, 2.45) is 0 Å². The number of carbonyl (C=O) groups excluding carboxylic acids is 1. The zero-order valence-electron chi connectivity index (χ0n) is 13.1. The lowest BCUT2D eigenvalue weighted by Gasteiger charge is -2.10. The molecule has 0 saturated carbocycles. The third kappa shape index (κ3) is 3.50. The predicted octanol–water partition coefficient (Wildman–Crippen LogP) is 4.12. The Morgan fingerprint density at radius 3 is 2.56 bits per heavy atom. The Bertz CT molecular complexity index is 943. The second-order valence-corrected chi connectivity index (χ2v) is 5.33. The van der Waals surface area contributed by atoms with E-state index in [-0.39, 0.29) is 5.82 Å². The number of hydrogen-bond donors (Lipinski definition) is 1. The molecule has 7 heteroatoms. The van der Waals surface area contributed by atoms with Crippen LogP contribution in [0, 0.1) is 24.4 Å². The Hall–Kier alpha value is -3.22. The minimum atomic E-state index is -1.27. The SMILES string of the molecule is Cc1ccncc1-c1cc(F)c(F)c(C(=O)Nc2ccc(F)cn2)c1. The average molecular weight is 343 g/mol. The van der Waals surface area contributed by atoms with Gasteiger partial charge in [0.1, 0.15) is 11.6 Å². The van der Waals surface area contributed by atoms with Crippen LogP contribution < -0.4 is 5.32 Å². The molecule has 126 valence electrons. The lowest BCUT2D eigenvalue weighted by Crippen LogP contribution is -2.15. The normalized spacial score (nSPS) is 10.6. The Kier molecular flexibility index (Phi) is 4.47. The minimum absolute atomic E-state index is 0.0224. The lowest BCUT2D eigenvalue weighted by molar-refractivity contribution is 0.102. The number of carbonyl (C=O) groups is 1. The van der Waals surface area contributed by atoms with Crippen molar-refractivity contribution >= 4 is 11.7 Å². The van der Waals surface area contributed by atoms with Crippen LogP contribution in [0.3, 0.4) is 0 Å². The van der Waals surface area contributed by atoms with E-state index in [1.165, 1.54) is 18.3 Å². The van der Waals surface area contributed by atoms with Crippen LogP contribution in [0.15, 0.2) is 48.9 Å². The van der Waals surface area contributed by atoms with Crippen molar-refractivity contribution in [1.82, 2.24) is 9.97 Å². The van der Waals surface area contributed by atoms with Crippen LogP contribution in [0.25, 0.3) is 11.1 Å². The molecular formula is C18H12F3N3O. The van der Waals surface area contributed by atoms with E-state index in [1.54, 1.807) is 19.2 Å². The Morgan fingerprint density at radius 2 is 1.88 bits per heavy atom. The van der Waals surface area contributed by atoms with Gasteiger partial charge in [-0.2, -0.15) is 0 Å². The molecule has 1 N–H and O–H groups in total. The van der Waals surface area contributed by atoms with Gasteiger partial charge < -0.3 is 5.32 Å². The standard InChI is InChI=1S/C18H12F3N3O/c1-10-4-5-22-9-14(10)11-6-13(17(21)15(20)7-11)18(25)24-16-3-2-12(19)8-23-16/h2-9H,1H3,(H,23,24,25). The van der Waals surface area contributed by atoms with Crippen molar-refractivity contribution < 1.29 is 18.0 Å². The highest BCUT2D eigenvalue weighted by Crippen LogP contribution is 2.26. The van der Waals surface area contributed by atoms with Gasteiger partial charge in [-0.05, 0) is 48.4 Å². The summed E-state index contributed by atoms with van der Waals surface area (Å²) in [7, 11) is 0. The molecule has 4 nitrogen and oxygen atoms in total. The first-order chi connectivity index (χ1) is 12.0. The Labute approximate surface area is 141 Å². The van der Waals surface area contributed by atoms with Crippen molar-refractivity contribution in [2.45, 2.75) is 6.92 Å². The molecule has 0 spiro atoms. The fourth-order valence-electron chi connectivity index (χ4n) is 2.31. The van der Waals surface area contributed by atoms with E-state index >= 15 is 0 Å². The Morgan fingerprint density at radius 1 is 1.08 bits per heavy atom. The number of rotatable bonds is 3. The molecule has 1 aromatic carbocycles. The molecule has 0 radical (unpaired) electrons. The van der Waals surface area contributed by atoms with E-state index in [0.29, 0.717) is 11.1 Å². The fourth-order valence-corrected chi connectivity index (χ4v) is 2.31. The molecule has 0 saturated heterocycles. The number of aromatic nitrogens is 2. The van der Waals surface area contributed by atoms with Gasteiger partial charge in [-0.15, -0.1) is 0 Å². The summed E-state index contributed by atoms with van der Waals surface area (Å²) in [5.74, 6) is -3.87. The number of amides is 1. The summed E-state index contributed by atoms with van der Waals surface area (Å²) < 4.78 is 40.9. The first-order valence-corrected chi connectivity index (χ1v) is 7.28. The van der Waals surface area contributed by atoms with Gasteiger partial charge in [-0.1, -0.05) is 0 Å². The third-order valence-electron chi connectivity index (χ3n) is 3.59. The second kappa shape index (κ2) is 6.72. The molecule has 25 heavy (non-hydrogen) atoms. The summed E-state index contributed by atoms with van der Waals surface area (Å²) in [5, 5.41) is 2.31. The van der Waals surface area contributed by atoms with Crippen LogP contribution in [0.2, 0.25) is 0 Å². The molecule has 0 bridgehead atoms. The first-order valence-electron chi connectivity index (χ1n) is 7.28. The molecule has 2 aromatic heterocycles. The number of aryl methyl sites for hydroxylation is 1. The van der Waals surface area contributed by atoms with Crippen LogP contribution in [-0.4, -0.2) is 15.9 Å². The van der Waals surface area contributed by atoms with Crippen LogP contribution in [0.4, 0.5) is 19.0 Å². The zero-order chi connectivity index (χ0) is 18.0. The molecule has 3 rings (SSSR count). The van der Waals surface area contributed by atoms with Crippen LogP contribution in [-0.2, 0) is 0 Å². The second-order valence-electron chi connectivity index (χ2n) is 5.33. The maximum absolute atomic E-state index is 14.1. The van der Waals surface area contributed by atoms with Gasteiger partial charge in [0.15, 0.2) is 11.6 Å². The predicted molar refractivity (Wildman–Crippen MR) is 86.5 cm³/mol. The Balaban J connectivity index is 1.99. The minimum Gasteiger partial charge on any atom is -0.306 e. The van der Waals surface area contributed by atoms with E-state index < -0.39 is 28.9 Å². The van der Waals surface area contributed by atoms with Gasteiger partial charge in [-0.3, -0.25) is 9.78 Å². The fraction of sp³-hybridized carbons (Fsp3) is 0.0556. The molecule has 0 unspecified atom stereocenters. The van der Waals surface area contributed by atoms with Gasteiger partial charge in [-0.25, -0.2) is 18.2 Å². The highest BCUT2D eigenvalue weighted by molar-refractivity contribution is 6.04. The zero-order valence-corrected chi connectivity index (χ0v) is 13.1. The molecule has 2 heterocycles. The van der Waals surface area contributed by atoms with Crippen molar-refractivity contribution in [3.8, 4) is 11.1 Å². The van der Waals surface area contributed by atoms with Gasteiger partial charge in [0.2, 0.25) is 0 Å². The summed E-state index contributed by atoms with van der Waals surface area (Å²) >= 11 is 0. The van der Waals surface area contributed by atoms with E-state index in [4.69, 9.17) is 0 Å². The van der Waals surface area contributed by atoms with Crippen LogP contribution in [0.1, 0.15) is 15.9 Å². The summed E-state index contributed by atoms with van der Waals surface area (Å²) in [4.78, 5) is 19.9. The average Bonchev–Trinajstić information content (AvgIpc) is 2.59. The lowest BCUT2D eigenvalue weighted by atomic mass is 10.00. The van der Waals surface area contributed by atoms with Gasteiger partial charge in [0.25, 0.3) is 5.91 Å². The van der Waals surface area contributed by atoms with Crippen molar-refractivity contribution in [1.29, 1.82) is 0 Å². The molecular weight excluding hydrogens is 331 g/mol. The maximum Gasteiger partial charge on any atom is 0.259 e. The highest BCUT2D eigenvalue weighted by atomic mass is 19.2. The smallest absolute Gasteiger partial charge is 0.259 e. The summed E-state index contributed by atoms with van der Waals surface area (Å²) in [6.45, 7) is 1.79. The van der Waals surface area contributed by atoms with Crippen molar-refractivity contribution in [3.63, 3.8) is 0 Å². The topological polar surface area (TPSA) is 54.9 Å². The van der Waals surface area contributed by atoms with E-state index in [0.717, 1.165) is 23.9 Å². The summed E-state index contributed by atoms with van der Waals surface area (Å²) in [5.41, 5.74) is 1.22. The number of anilines is 1. The third-order valence-corrected chi connectivity index (χ3v) is 3.59. The van der Waals surface area contributed by atoms with Crippen molar-refractivity contribution in [2.75, 3.05) is 5.32 Å². The monoisotopic (exact) mass is 343 g/mol. The van der Waals surface area contributed by atoms with Gasteiger partial charge in [0.05, 0.1) is 11.8 Å². The van der Waals surface area contributed by atoms with E-state index in [1.807, 2.05) is 0 Å². The molecule has 3 aromatic rings. The number of halogens is 3. The van der Waals surface area contributed by atoms with Gasteiger partial charge >= 0.3 is 0 Å².